The Bertz CT molecular complexity index is 560. The summed E-state index contributed by atoms with van der Waals surface area (Å²) in [7, 11) is 0. The fourth-order valence-corrected chi connectivity index (χ4v) is 1.96. The lowest BCUT2D eigenvalue weighted by Gasteiger charge is -2.15. The third kappa shape index (κ3) is 4.51. The average Bonchev–Trinajstić information content (AvgIpc) is 2.52. The maximum atomic E-state index is 12.9. The van der Waals surface area contributed by atoms with Gasteiger partial charge in [0.2, 0.25) is 0 Å². The van der Waals surface area contributed by atoms with Crippen LogP contribution < -0.4 is 10.1 Å². The highest BCUT2D eigenvalue weighted by atomic mass is 19.1. The maximum Gasteiger partial charge on any atom is 0.141 e. The predicted octanol–water partition coefficient (Wildman–Crippen LogP) is 2.44. The van der Waals surface area contributed by atoms with Gasteiger partial charge in [-0.1, -0.05) is 18.2 Å². The Hall–Kier alpha value is -1.98. The molecule has 0 spiro atoms. The molecule has 21 heavy (non-hydrogen) atoms. The van der Waals surface area contributed by atoms with Crippen LogP contribution in [-0.4, -0.2) is 23.3 Å². The molecule has 5 heteroatoms. The minimum atomic E-state index is -0.339. The summed E-state index contributed by atoms with van der Waals surface area (Å²) in [5.41, 5.74) is 1.78. The van der Waals surface area contributed by atoms with Crippen molar-refractivity contribution in [2.75, 3.05) is 13.2 Å². The first-order valence-electron chi connectivity index (χ1n) is 6.87. The lowest BCUT2D eigenvalue weighted by atomic mass is 10.1. The number of nitrogens with zero attached hydrogens (tertiary/aromatic N) is 1. The highest BCUT2D eigenvalue weighted by molar-refractivity contribution is 5.33. The molecule has 1 atom stereocenters. The SMILES string of the molecule is CC(NCc1ccccc1OCCO)c1ccc(F)cn1. The number of nitrogens with one attached hydrogen (secondary N) is 1. The maximum absolute atomic E-state index is 12.9. The summed E-state index contributed by atoms with van der Waals surface area (Å²) in [6, 6.07) is 10.7. The molecule has 0 aliphatic carbocycles. The second-order valence-corrected chi connectivity index (χ2v) is 4.68. The van der Waals surface area contributed by atoms with Crippen molar-refractivity contribution in [3.8, 4) is 5.75 Å². The van der Waals surface area contributed by atoms with Crippen molar-refractivity contribution in [1.82, 2.24) is 10.3 Å². The first-order chi connectivity index (χ1) is 10.2. The Morgan fingerprint density at radius 2 is 2.10 bits per heavy atom. The van der Waals surface area contributed by atoms with Crippen molar-refractivity contribution in [2.45, 2.75) is 19.5 Å². The van der Waals surface area contributed by atoms with Crippen molar-refractivity contribution >= 4 is 0 Å². The second kappa shape index (κ2) is 7.71. The Kier molecular flexibility index (Phi) is 5.66. The average molecular weight is 290 g/mol. The Morgan fingerprint density at radius 3 is 2.81 bits per heavy atom. The highest BCUT2D eigenvalue weighted by Gasteiger charge is 2.08. The van der Waals surface area contributed by atoms with Gasteiger partial charge in [0.1, 0.15) is 18.2 Å². The number of hydrogen-bond acceptors (Lipinski definition) is 4. The molecule has 0 saturated carbocycles. The van der Waals surface area contributed by atoms with Crippen LogP contribution >= 0.6 is 0 Å². The molecule has 0 aliphatic heterocycles. The quantitative estimate of drug-likeness (QED) is 0.822. The predicted molar refractivity (Wildman–Crippen MR) is 78.5 cm³/mol. The van der Waals surface area contributed by atoms with Gasteiger partial charge in [-0.05, 0) is 25.1 Å². The van der Waals surface area contributed by atoms with E-state index in [0.29, 0.717) is 6.54 Å². The lowest BCUT2D eigenvalue weighted by molar-refractivity contribution is 0.200. The van der Waals surface area contributed by atoms with Gasteiger partial charge in [-0.15, -0.1) is 0 Å². The van der Waals surface area contributed by atoms with E-state index in [-0.39, 0.29) is 25.1 Å². The van der Waals surface area contributed by atoms with Gasteiger partial charge in [0.25, 0.3) is 0 Å². The standard InChI is InChI=1S/C16H19FN2O2/c1-12(15-7-6-14(17)11-19-15)18-10-13-4-2-3-5-16(13)21-9-8-20/h2-7,11-12,18,20H,8-10H2,1H3. The van der Waals surface area contributed by atoms with E-state index in [4.69, 9.17) is 9.84 Å². The van der Waals surface area contributed by atoms with Gasteiger partial charge in [-0.2, -0.15) is 0 Å². The Balaban J connectivity index is 1.97. The van der Waals surface area contributed by atoms with Gasteiger partial charge in [0.05, 0.1) is 18.5 Å². The Morgan fingerprint density at radius 1 is 1.29 bits per heavy atom. The minimum absolute atomic E-state index is 0.00324. The largest absolute Gasteiger partial charge is 0.491 e. The zero-order valence-electron chi connectivity index (χ0n) is 11.9. The molecule has 112 valence electrons. The molecule has 0 saturated heterocycles. The first kappa shape index (κ1) is 15.4. The lowest BCUT2D eigenvalue weighted by Crippen LogP contribution is -2.19. The smallest absolute Gasteiger partial charge is 0.141 e. The molecular weight excluding hydrogens is 271 g/mol. The van der Waals surface area contributed by atoms with Crippen LogP contribution in [0.2, 0.25) is 0 Å². The van der Waals surface area contributed by atoms with Crippen molar-refractivity contribution in [2.24, 2.45) is 0 Å². The van der Waals surface area contributed by atoms with E-state index >= 15 is 0 Å². The van der Waals surface area contributed by atoms with E-state index in [1.165, 1.54) is 12.3 Å². The number of para-hydroxylation sites is 1. The fourth-order valence-electron chi connectivity index (χ4n) is 1.96. The molecule has 1 heterocycles. The summed E-state index contributed by atoms with van der Waals surface area (Å²) in [5, 5.41) is 12.2. The van der Waals surface area contributed by atoms with E-state index in [9.17, 15) is 4.39 Å². The van der Waals surface area contributed by atoms with Gasteiger partial charge in [0.15, 0.2) is 0 Å². The first-order valence-corrected chi connectivity index (χ1v) is 6.87. The van der Waals surface area contributed by atoms with Gasteiger partial charge in [-0.3, -0.25) is 4.98 Å². The van der Waals surface area contributed by atoms with E-state index in [0.717, 1.165) is 17.0 Å². The summed E-state index contributed by atoms with van der Waals surface area (Å²) < 4.78 is 18.3. The molecule has 0 amide bonds. The van der Waals surface area contributed by atoms with Crippen molar-refractivity contribution in [3.63, 3.8) is 0 Å². The van der Waals surface area contributed by atoms with Crippen molar-refractivity contribution in [1.29, 1.82) is 0 Å². The molecule has 0 aliphatic rings. The van der Waals surface area contributed by atoms with Crippen LogP contribution in [0.15, 0.2) is 42.6 Å². The molecule has 2 aromatic rings. The molecule has 4 nitrogen and oxygen atoms in total. The highest BCUT2D eigenvalue weighted by Crippen LogP contribution is 2.19. The van der Waals surface area contributed by atoms with Crippen LogP contribution in [-0.2, 0) is 6.54 Å². The molecule has 0 fully saturated rings. The zero-order valence-corrected chi connectivity index (χ0v) is 11.9. The number of halogens is 1. The molecule has 1 unspecified atom stereocenters. The molecular formula is C16H19FN2O2. The van der Waals surface area contributed by atoms with Crippen molar-refractivity contribution in [3.05, 3.63) is 59.7 Å². The minimum Gasteiger partial charge on any atom is -0.491 e. The fraction of sp³-hybridized carbons (Fsp3) is 0.312. The van der Waals surface area contributed by atoms with Crippen molar-refractivity contribution < 1.29 is 14.2 Å². The summed E-state index contributed by atoms with van der Waals surface area (Å²) in [6.07, 6.45) is 1.21. The molecule has 0 radical (unpaired) electrons. The van der Waals surface area contributed by atoms with Crippen LogP contribution in [0.5, 0.6) is 5.75 Å². The normalized spacial score (nSPS) is 12.1. The van der Waals surface area contributed by atoms with E-state index in [1.807, 2.05) is 31.2 Å². The van der Waals surface area contributed by atoms with Crippen LogP contribution in [0.25, 0.3) is 0 Å². The number of aliphatic hydroxyl groups excluding tert-OH is 1. The second-order valence-electron chi connectivity index (χ2n) is 4.68. The Labute approximate surface area is 123 Å². The monoisotopic (exact) mass is 290 g/mol. The van der Waals surface area contributed by atoms with Crippen LogP contribution in [0.3, 0.4) is 0 Å². The number of ether oxygens (including phenoxy) is 1. The molecule has 0 bridgehead atoms. The van der Waals surface area contributed by atoms with Crippen LogP contribution in [0.4, 0.5) is 4.39 Å². The van der Waals surface area contributed by atoms with Crippen LogP contribution in [0.1, 0.15) is 24.2 Å². The van der Waals surface area contributed by atoms with Crippen LogP contribution in [0, 0.1) is 5.82 Å². The van der Waals surface area contributed by atoms with Gasteiger partial charge >= 0.3 is 0 Å². The molecule has 1 aromatic carbocycles. The molecule has 2 N–H and O–H groups in total. The third-order valence-electron chi connectivity index (χ3n) is 3.11. The summed E-state index contributed by atoms with van der Waals surface area (Å²) in [4.78, 5) is 4.06. The number of hydrogen-bond donors (Lipinski definition) is 2. The number of benzene rings is 1. The third-order valence-corrected chi connectivity index (χ3v) is 3.11. The zero-order chi connectivity index (χ0) is 15.1. The van der Waals surface area contributed by atoms with Gasteiger partial charge in [0, 0.05) is 18.2 Å². The van der Waals surface area contributed by atoms with E-state index < -0.39 is 0 Å². The van der Waals surface area contributed by atoms with Gasteiger partial charge in [-0.25, -0.2) is 4.39 Å². The number of aliphatic hydroxyl groups is 1. The topological polar surface area (TPSA) is 54.4 Å². The summed E-state index contributed by atoms with van der Waals surface area (Å²) in [5.74, 6) is 0.409. The van der Waals surface area contributed by atoms with E-state index in [1.54, 1.807) is 6.07 Å². The number of pyridine rings is 1. The van der Waals surface area contributed by atoms with E-state index in [2.05, 4.69) is 10.3 Å². The molecule has 1 aromatic heterocycles. The molecule has 2 rings (SSSR count). The number of rotatable bonds is 7. The summed E-state index contributed by atoms with van der Waals surface area (Å²) >= 11 is 0. The summed E-state index contributed by atoms with van der Waals surface area (Å²) in [6.45, 7) is 2.82. The van der Waals surface area contributed by atoms with Gasteiger partial charge < -0.3 is 15.2 Å². The number of aromatic nitrogens is 1.